The summed E-state index contributed by atoms with van der Waals surface area (Å²) in [4.78, 5) is 17.0. The number of rotatable bonds is 3. The Balaban J connectivity index is 1.51. The number of morpholine rings is 1. The molecule has 2 aliphatic heterocycles. The predicted octanol–water partition coefficient (Wildman–Crippen LogP) is 1.35. The number of amides is 1. The molecule has 134 valence electrons. The number of carbonyl (C=O) groups is 1. The van der Waals surface area contributed by atoms with Gasteiger partial charge in [-0.15, -0.1) is 0 Å². The maximum absolute atomic E-state index is 12.8. The highest BCUT2D eigenvalue weighted by molar-refractivity contribution is 5.94. The first kappa shape index (κ1) is 16.4. The van der Waals surface area contributed by atoms with Crippen LogP contribution in [-0.4, -0.2) is 58.3 Å². The Hall–Kier alpha value is -2.12. The summed E-state index contributed by atoms with van der Waals surface area (Å²) in [5.41, 5.74) is 2.85. The van der Waals surface area contributed by atoms with Crippen LogP contribution >= 0.6 is 0 Å². The number of aryl methyl sites for hydroxylation is 2. The standard InChI is InChI=1S/C18H24N4O3/c1-13-3-4-14(25-13)11-21-6-5-15-16(12-21)20(2)19-17(15)18(23)22-7-9-24-10-8-22/h3-4H,5-12H2,1-2H3. The van der Waals surface area contributed by atoms with Gasteiger partial charge in [-0.25, -0.2) is 0 Å². The van der Waals surface area contributed by atoms with Gasteiger partial charge in [-0.3, -0.25) is 14.4 Å². The van der Waals surface area contributed by atoms with E-state index in [9.17, 15) is 4.79 Å². The van der Waals surface area contributed by atoms with Crippen LogP contribution < -0.4 is 0 Å². The highest BCUT2D eigenvalue weighted by Gasteiger charge is 2.30. The zero-order chi connectivity index (χ0) is 17.4. The SMILES string of the molecule is Cc1ccc(CN2CCc3c(C(=O)N4CCOCC4)nn(C)c3C2)o1. The lowest BCUT2D eigenvalue weighted by Crippen LogP contribution is -2.41. The first-order valence-corrected chi connectivity index (χ1v) is 8.81. The lowest BCUT2D eigenvalue weighted by Gasteiger charge is -2.28. The molecule has 0 unspecified atom stereocenters. The minimum absolute atomic E-state index is 0.0373. The molecule has 0 atom stereocenters. The van der Waals surface area contributed by atoms with Crippen molar-refractivity contribution in [2.75, 3.05) is 32.8 Å². The minimum atomic E-state index is 0.0373. The van der Waals surface area contributed by atoms with E-state index in [1.807, 2.05) is 35.7 Å². The maximum atomic E-state index is 12.8. The van der Waals surface area contributed by atoms with Crippen LogP contribution in [0.3, 0.4) is 0 Å². The molecular formula is C18H24N4O3. The molecular weight excluding hydrogens is 320 g/mol. The third kappa shape index (κ3) is 3.21. The van der Waals surface area contributed by atoms with Crippen LogP contribution in [-0.2, 0) is 31.3 Å². The van der Waals surface area contributed by atoms with Crippen molar-refractivity contribution in [1.29, 1.82) is 0 Å². The van der Waals surface area contributed by atoms with Crippen LogP contribution in [0.2, 0.25) is 0 Å². The zero-order valence-corrected chi connectivity index (χ0v) is 14.8. The summed E-state index contributed by atoms with van der Waals surface area (Å²) in [7, 11) is 1.93. The zero-order valence-electron chi connectivity index (χ0n) is 14.8. The molecule has 7 heteroatoms. The first-order chi connectivity index (χ1) is 12.1. The molecule has 0 saturated carbocycles. The van der Waals surface area contributed by atoms with Crippen LogP contribution in [0.1, 0.15) is 33.3 Å². The van der Waals surface area contributed by atoms with Gasteiger partial charge in [0.15, 0.2) is 5.69 Å². The van der Waals surface area contributed by atoms with Crippen LogP contribution in [0, 0.1) is 6.92 Å². The Morgan fingerprint density at radius 3 is 2.76 bits per heavy atom. The number of hydrogen-bond acceptors (Lipinski definition) is 5. The molecule has 1 amide bonds. The molecule has 0 aliphatic carbocycles. The molecule has 2 aromatic heterocycles. The largest absolute Gasteiger partial charge is 0.465 e. The number of furan rings is 1. The summed E-state index contributed by atoms with van der Waals surface area (Å²) in [5, 5.41) is 4.55. The Bertz CT molecular complexity index is 773. The highest BCUT2D eigenvalue weighted by Crippen LogP contribution is 2.25. The van der Waals surface area contributed by atoms with Gasteiger partial charge in [0.2, 0.25) is 0 Å². The fourth-order valence-corrected chi connectivity index (χ4v) is 3.64. The summed E-state index contributed by atoms with van der Waals surface area (Å²) < 4.78 is 12.9. The molecule has 2 aromatic rings. The van der Waals surface area contributed by atoms with Gasteiger partial charge in [0, 0.05) is 38.8 Å². The van der Waals surface area contributed by atoms with E-state index < -0.39 is 0 Å². The van der Waals surface area contributed by atoms with Gasteiger partial charge < -0.3 is 14.1 Å². The van der Waals surface area contributed by atoms with Crippen molar-refractivity contribution in [2.45, 2.75) is 26.4 Å². The van der Waals surface area contributed by atoms with E-state index in [0.29, 0.717) is 32.0 Å². The minimum Gasteiger partial charge on any atom is -0.465 e. The summed E-state index contributed by atoms with van der Waals surface area (Å²) in [6, 6.07) is 4.02. The second kappa shape index (κ2) is 6.65. The summed E-state index contributed by atoms with van der Waals surface area (Å²) >= 11 is 0. The molecule has 4 rings (SSSR count). The van der Waals surface area contributed by atoms with E-state index in [1.54, 1.807) is 0 Å². The highest BCUT2D eigenvalue weighted by atomic mass is 16.5. The Morgan fingerprint density at radius 2 is 2.04 bits per heavy atom. The van der Waals surface area contributed by atoms with Gasteiger partial charge in [0.05, 0.1) is 25.5 Å². The van der Waals surface area contributed by atoms with Gasteiger partial charge in [0.1, 0.15) is 11.5 Å². The van der Waals surface area contributed by atoms with Gasteiger partial charge in [-0.05, 0) is 25.5 Å². The van der Waals surface area contributed by atoms with E-state index in [0.717, 1.165) is 48.8 Å². The summed E-state index contributed by atoms with van der Waals surface area (Å²) in [5.74, 6) is 1.95. The van der Waals surface area contributed by atoms with Crippen molar-refractivity contribution < 1.29 is 13.9 Å². The van der Waals surface area contributed by atoms with Crippen molar-refractivity contribution in [1.82, 2.24) is 19.6 Å². The second-order valence-electron chi connectivity index (χ2n) is 6.78. The van der Waals surface area contributed by atoms with E-state index in [-0.39, 0.29) is 5.91 Å². The normalized spacial score (nSPS) is 18.4. The van der Waals surface area contributed by atoms with Crippen LogP contribution in [0.5, 0.6) is 0 Å². The number of ether oxygens (including phenoxy) is 1. The molecule has 7 nitrogen and oxygen atoms in total. The smallest absolute Gasteiger partial charge is 0.274 e. The number of aromatic nitrogens is 2. The predicted molar refractivity (Wildman–Crippen MR) is 91.2 cm³/mol. The lowest BCUT2D eigenvalue weighted by atomic mass is 10.0. The quantitative estimate of drug-likeness (QED) is 0.841. The number of carbonyl (C=O) groups excluding carboxylic acids is 1. The topological polar surface area (TPSA) is 63.7 Å². The molecule has 1 saturated heterocycles. The van der Waals surface area contributed by atoms with E-state index >= 15 is 0 Å². The van der Waals surface area contributed by atoms with Gasteiger partial charge in [-0.1, -0.05) is 0 Å². The fourth-order valence-electron chi connectivity index (χ4n) is 3.64. The number of hydrogen-bond donors (Lipinski definition) is 0. The average molecular weight is 344 g/mol. The van der Waals surface area contributed by atoms with Crippen molar-refractivity contribution in [3.05, 3.63) is 40.6 Å². The molecule has 1 fully saturated rings. The molecule has 0 aromatic carbocycles. The van der Waals surface area contributed by atoms with Crippen molar-refractivity contribution >= 4 is 5.91 Å². The van der Waals surface area contributed by atoms with Crippen LogP contribution in [0.25, 0.3) is 0 Å². The molecule has 2 aliphatic rings. The summed E-state index contributed by atoms with van der Waals surface area (Å²) in [6.07, 6.45) is 0.842. The Kier molecular flexibility index (Phi) is 4.35. The maximum Gasteiger partial charge on any atom is 0.274 e. The number of nitrogens with zero attached hydrogens (tertiary/aromatic N) is 4. The molecule has 0 bridgehead atoms. The summed E-state index contributed by atoms with van der Waals surface area (Å²) in [6.45, 7) is 6.95. The second-order valence-corrected chi connectivity index (χ2v) is 6.78. The van der Waals surface area contributed by atoms with Gasteiger partial charge in [-0.2, -0.15) is 5.10 Å². The fraction of sp³-hybridized carbons (Fsp3) is 0.556. The Labute approximate surface area is 147 Å². The van der Waals surface area contributed by atoms with E-state index in [4.69, 9.17) is 9.15 Å². The van der Waals surface area contributed by atoms with Crippen molar-refractivity contribution in [3.63, 3.8) is 0 Å². The monoisotopic (exact) mass is 344 g/mol. The van der Waals surface area contributed by atoms with Crippen LogP contribution in [0.4, 0.5) is 0 Å². The number of fused-ring (bicyclic) bond motifs is 1. The lowest BCUT2D eigenvalue weighted by molar-refractivity contribution is 0.0297. The average Bonchev–Trinajstić information content (AvgIpc) is 3.18. The molecule has 4 heterocycles. The van der Waals surface area contributed by atoms with E-state index in [1.165, 1.54) is 0 Å². The molecule has 25 heavy (non-hydrogen) atoms. The molecule has 0 radical (unpaired) electrons. The van der Waals surface area contributed by atoms with Gasteiger partial charge >= 0.3 is 0 Å². The Morgan fingerprint density at radius 1 is 1.24 bits per heavy atom. The third-order valence-corrected chi connectivity index (χ3v) is 5.00. The van der Waals surface area contributed by atoms with Crippen LogP contribution in [0.15, 0.2) is 16.5 Å². The molecule has 0 N–H and O–H groups in total. The van der Waals surface area contributed by atoms with E-state index in [2.05, 4.69) is 10.00 Å². The first-order valence-electron chi connectivity index (χ1n) is 8.81. The molecule has 0 spiro atoms. The van der Waals surface area contributed by atoms with Crippen molar-refractivity contribution in [2.24, 2.45) is 7.05 Å². The van der Waals surface area contributed by atoms with Crippen molar-refractivity contribution in [3.8, 4) is 0 Å². The van der Waals surface area contributed by atoms with Gasteiger partial charge in [0.25, 0.3) is 5.91 Å². The third-order valence-electron chi connectivity index (χ3n) is 5.00.